The molecule has 1 saturated heterocycles. The predicted molar refractivity (Wildman–Crippen MR) is 76.3 cm³/mol. The van der Waals surface area contributed by atoms with Gasteiger partial charge in [-0.3, -0.25) is 10.1 Å². The third-order valence-corrected chi connectivity index (χ3v) is 4.91. The molecule has 0 aromatic heterocycles. The van der Waals surface area contributed by atoms with Crippen LogP contribution in [-0.4, -0.2) is 32.1 Å². The first-order valence-electron chi connectivity index (χ1n) is 6.41. The molecule has 0 amide bonds. The second-order valence-electron chi connectivity index (χ2n) is 5.21. The summed E-state index contributed by atoms with van der Waals surface area (Å²) < 4.78 is 32.4. The Kier molecular flexibility index (Phi) is 4.17. The van der Waals surface area contributed by atoms with Gasteiger partial charge in [0.05, 0.1) is 16.2 Å². The molecule has 1 heterocycles. The first-order valence-corrected chi connectivity index (χ1v) is 7.89. The maximum absolute atomic E-state index is 12.2. The third-order valence-electron chi connectivity index (χ3n) is 3.43. The van der Waals surface area contributed by atoms with E-state index in [0.29, 0.717) is 6.61 Å². The van der Waals surface area contributed by atoms with Crippen LogP contribution in [0.4, 0.5) is 11.4 Å². The Morgan fingerprint density at radius 1 is 1.52 bits per heavy atom. The van der Waals surface area contributed by atoms with Gasteiger partial charge in [-0.05, 0) is 25.8 Å². The molecule has 2 rings (SSSR count). The molecule has 21 heavy (non-hydrogen) atoms. The van der Waals surface area contributed by atoms with Crippen LogP contribution in [0.2, 0.25) is 0 Å². The molecule has 0 radical (unpaired) electrons. The summed E-state index contributed by atoms with van der Waals surface area (Å²) in [7, 11) is -3.84. The van der Waals surface area contributed by atoms with Gasteiger partial charge in [0.2, 0.25) is 10.0 Å². The van der Waals surface area contributed by atoms with E-state index in [0.717, 1.165) is 31.0 Å². The average molecular weight is 315 g/mol. The van der Waals surface area contributed by atoms with Gasteiger partial charge in [-0.25, -0.2) is 13.1 Å². The van der Waals surface area contributed by atoms with Gasteiger partial charge in [0.15, 0.2) is 0 Å². The molecule has 1 aromatic rings. The highest BCUT2D eigenvalue weighted by Gasteiger charge is 2.32. The molecule has 1 unspecified atom stereocenters. The molecule has 1 aliphatic rings. The van der Waals surface area contributed by atoms with E-state index in [-0.39, 0.29) is 22.8 Å². The molecule has 9 heteroatoms. The molecule has 0 spiro atoms. The second kappa shape index (κ2) is 5.58. The highest BCUT2D eigenvalue weighted by Crippen LogP contribution is 2.26. The first-order chi connectivity index (χ1) is 9.73. The number of rotatable bonds is 5. The van der Waals surface area contributed by atoms with Crippen molar-refractivity contribution in [1.29, 1.82) is 0 Å². The number of ether oxygens (including phenoxy) is 1. The molecular formula is C12H17N3O5S. The third kappa shape index (κ3) is 3.49. The van der Waals surface area contributed by atoms with Crippen LogP contribution in [-0.2, 0) is 14.8 Å². The fourth-order valence-electron chi connectivity index (χ4n) is 2.20. The Morgan fingerprint density at radius 2 is 2.24 bits per heavy atom. The largest absolute Gasteiger partial charge is 0.397 e. The van der Waals surface area contributed by atoms with Gasteiger partial charge in [-0.2, -0.15) is 0 Å². The fourth-order valence-corrected chi connectivity index (χ4v) is 3.46. The topological polar surface area (TPSA) is 125 Å². The monoisotopic (exact) mass is 315 g/mol. The van der Waals surface area contributed by atoms with E-state index in [4.69, 9.17) is 10.5 Å². The number of benzene rings is 1. The minimum atomic E-state index is -3.84. The second-order valence-corrected chi connectivity index (χ2v) is 6.94. The lowest BCUT2D eigenvalue weighted by molar-refractivity contribution is -0.384. The fraction of sp³-hybridized carbons (Fsp3) is 0.500. The smallest absolute Gasteiger partial charge is 0.271 e. The van der Waals surface area contributed by atoms with Crippen molar-refractivity contribution in [2.45, 2.75) is 30.3 Å². The van der Waals surface area contributed by atoms with Crippen LogP contribution in [0.1, 0.15) is 19.8 Å². The van der Waals surface area contributed by atoms with Crippen molar-refractivity contribution in [3.63, 3.8) is 0 Å². The van der Waals surface area contributed by atoms with Gasteiger partial charge >= 0.3 is 0 Å². The van der Waals surface area contributed by atoms with Crippen molar-refractivity contribution in [2.75, 3.05) is 18.9 Å². The minimum Gasteiger partial charge on any atom is -0.397 e. The van der Waals surface area contributed by atoms with Crippen LogP contribution in [0.25, 0.3) is 0 Å². The van der Waals surface area contributed by atoms with E-state index >= 15 is 0 Å². The quantitative estimate of drug-likeness (QED) is 0.475. The molecule has 1 atom stereocenters. The normalized spacial score (nSPS) is 22.3. The molecule has 1 aliphatic heterocycles. The zero-order valence-electron chi connectivity index (χ0n) is 11.5. The summed E-state index contributed by atoms with van der Waals surface area (Å²) >= 11 is 0. The average Bonchev–Trinajstić information content (AvgIpc) is 2.84. The Bertz CT molecular complexity index is 653. The van der Waals surface area contributed by atoms with E-state index in [2.05, 4.69) is 4.72 Å². The SMILES string of the molecule is CC1(CNS(=O)(=O)c2ccc([N+](=O)[O-])cc2N)CCCO1. The molecule has 0 saturated carbocycles. The summed E-state index contributed by atoms with van der Waals surface area (Å²) in [5.41, 5.74) is 4.67. The van der Waals surface area contributed by atoms with E-state index < -0.39 is 20.5 Å². The molecule has 3 N–H and O–H groups in total. The molecule has 8 nitrogen and oxygen atoms in total. The summed E-state index contributed by atoms with van der Waals surface area (Å²) in [5, 5.41) is 10.6. The summed E-state index contributed by atoms with van der Waals surface area (Å²) in [6.45, 7) is 2.57. The lowest BCUT2D eigenvalue weighted by atomic mass is 10.0. The first kappa shape index (κ1) is 15.7. The highest BCUT2D eigenvalue weighted by atomic mass is 32.2. The van der Waals surface area contributed by atoms with Gasteiger partial charge < -0.3 is 10.5 Å². The van der Waals surface area contributed by atoms with Gasteiger partial charge in [0, 0.05) is 25.3 Å². The van der Waals surface area contributed by atoms with Crippen LogP contribution >= 0.6 is 0 Å². The van der Waals surface area contributed by atoms with Crippen molar-refractivity contribution in [2.24, 2.45) is 0 Å². The Morgan fingerprint density at radius 3 is 2.76 bits per heavy atom. The van der Waals surface area contributed by atoms with Crippen molar-refractivity contribution < 1.29 is 18.1 Å². The van der Waals surface area contributed by atoms with Crippen LogP contribution in [0.3, 0.4) is 0 Å². The van der Waals surface area contributed by atoms with Crippen molar-refractivity contribution in [3.8, 4) is 0 Å². The van der Waals surface area contributed by atoms with Crippen molar-refractivity contribution in [3.05, 3.63) is 28.3 Å². The number of nitro benzene ring substituents is 1. The number of sulfonamides is 1. The van der Waals surface area contributed by atoms with Gasteiger partial charge in [0.25, 0.3) is 5.69 Å². The molecule has 1 aromatic carbocycles. The molecule has 116 valence electrons. The zero-order valence-corrected chi connectivity index (χ0v) is 12.4. The summed E-state index contributed by atoms with van der Waals surface area (Å²) in [6, 6.07) is 3.27. The number of anilines is 1. The Balaban J connectivity index is 2.17. The van der Waals surface area contributed by atoms with E-state index in [1.165, 1.54) is 0 Å². The standard InChI is InChI=1S/C12H17N3O5S/c1-12(5-2-6-20-12)8-14-21(18,19)11-4-3-9(15(16)17)7-10(11)13/h3-4,7,14H,2,5-6,8,13H2,1H3. The maximum atomic E-state index is 12.2. The maximum Gasteiger partial charge on any atom is 0.271 e. The van der Waals surface area contributed by atoms with Gasteiger partial charge in [0.1, 0.15) is 4.90 Å². The lowest BCUT2D eigenvalue weighted by Gasteiger charge is -2.23. The van der Waals surface area contributed by atoms with Crippen molar-refractivity contribution in [1.82, 2.24) is 4.72 Å². The van der Waals surface area contributed by atoms with Crippen LogP contribution in [0.15, 0.2) is 23.1 Å². The number of nitrogen functional groups attached to an aromatic ring is 1. The molecule has 0 aliphatic carbocycles. The van der Waals surface area contributed by atoms with Crippen LogP contribution in [0.5, 0.6) is 0 Å². The van der Waals surface area contributed by atoms with Gasteiger partial charge in [-0.15, -0.1) is 0 Å². The minimum absolute atomic E-state index is 0.131. The summed E-state index contributed by atoms with van der Waals surface area (Å²) in [6.07, 6.45) is 1.66. The van der Waals surface area contributed by atoms with E-state index in [1.807, 2.05) is 6.92 Å². The molecule has 1 fully saturated rings. The summed E-state index contributed by atoms with van der Waals surface area (Å²) in [5.74, 6) is 0. The number of hydrogen-bond donors (Lipinski definition) is 2. The number of hydrogen-bond acceptors (Lipinski definition) is 6. The number of nitrogens with one attached hydrogen (secondary N) is 1. The number of nitrogens with two attached hydrogens (primary N) is 1. The van der Waals surface area contributed by atoms with Crippen LogP contribution < -0.4 is 10.5 Å². The number of non-ortho nitro benzene ring substituents is 1. The highest BCUT2D eigenvalue weighted by molar-refractivity contribution is 7.89. The lowest BCUT2D eigenvalue weighted by Crippen LogP contribution is -2.40. The van der Waals surface area contributed by atoms with Crippen molar-refractivity contribution >= 4 is 21.4 Å². The number of nitrogens with zero attached hydrogens (tertiary/aromatic N) is 1. The zero-order chi connectivity index (χ0) is 15.7. The summed E-state index contributed by atoms with van der Waals surface area (Å²) in [4.78, 5) is 9.82. The number of nitro groups is 1. The van der Waals surface area contributed by atoms with E-state index in [1.54, 1.807) is 0 Å². The van der Waals surface area contributed by atoms with E-state index in [9.17, 15) is 18.5 Å². The van der Waals surface area contributed by atoms with Gasteiger partial charge in [-0.1, -0.05) is 0 Å². The van der Waals surface area contributed by atoms with Crippen LogP contribution in [0, 0.1) is 10.1 Å². The Labute approximate surface area is 122 Å². The molecular weight excluding hydrogens is 298 g/mol. The Hall–Kier alpha value is -1.71. The predicted octanol–water partition coefficient (Wildman–Crippen LogP) is 1.02. The molecule has 0 bridgehead atoms.